The molecule has 0 unspecified atom stereocenters. The van der Waals surface area contributed by atoms with Crippen molar-refractivity contribution in [2.24, 2.45) is 12.1 Å². The Morgan fingerprint density at radius 1 is 1.43 bits per heavy atom. The summed E-state index contributed by atoms with van der Waals surface area (Å²) in [7, 11) is 1.75. The van der Waals surface area contributed by atoms with Gasteiger partial charge < -0.3 is 5.32 Å². The predicted octanol–water partition coefficient (Wildman–Crippen LogP) is 2.85. The molecule has 7 heteroatoms. The summed E-state index contributed by atoms with van der Waals surface area (Å²) in [6.45, 7) is 3.93. The van der Waals surface area contributed by atoms with Crippen LogP contribution in [0.25, 0.3) is 0 Å². The third-order valence-corrected chi connectivity index (χ3v) is 3.08. The van der Waals surface area contributed by atoms with E-state index in [2.05, 4.69) is 20.9 Å². The van der Waals surface area contributed by atoms with Gasteiger partial charge in [-0.15, -0.1) is 0 Å². The highest BCUT2D eigenvalue weighted by Crippen LogP contribution is 2.15. The second kappa shape index (κ2) is 6.41. The average Bonchev–Trinajstić information content (AvgIpc) is 2.71. The molecule has 0 saturated heterocycles. The van der Waals surface area contributed by atoms with Crippen LogP contribution >= 0.6 is 11.6 Å². The first kappa shape index (κ1) is 15.1. The topological polar surface area (TPSA) is 71.3 Å². The molecule has 0 fully saturated rings. The molecule has 2 rings (SSSR count). The van der Waals surface area contributed by atoms with Gasteiger partial charge in [-0.1, -0.05) is 29.3 Å². The van der Waals surface area contributed by atoms with Crippen molar-refractivity contribution in [3.63, 3.8) is 0 Å². The second-order valence-electron chi connectivity index (χ2n) is 4.68. The number of carbonyl (C=O) groups excluding carboxylic acids is 1. The molecule has 2 N–H and O–H groups in total. The zero-order chi connectivity index (χ0) is 15.4. The molecule has 1 heterocycles. The molecular formula is C14H16ClN5O. The van der Waals surface area contributed by atoms with Crippen LogP contribution in [0.1, 0.15) is 16.8 Å². The number of halogens is 1. The zero-order valence-corrected chi connectivity index (χ0v) is 12.8. The van der Waals surface area contributed by atoms with Gasteiger partial charge in [-0.3, -0.25) is 4.68 Å². The van der Waals surface area contributed by atoms with Crippen LogP contribution in [0.5, 0.6) is 0 Å². The number of hydrogen-bond donors (Lipinski definition) is 2. The number of aromatic nitrogens is 2. The number of hydrazone groups is 1. The maximum atomic E-state index is 11.7. The molecule has 0 aliphatic carbocycles. The van der Waals surface area contributed by atoms with E-state index in [0.29, 0.717) is 10.7 Å². The van der Waals surface area contributed by atoms with E-state index in [9.17, 15) is 4.79 Å². The highest BCUT2D eigenvalue weighted by atomic mass is 35.5. The lowest BCUT2D eigenvalue weighted by molar-refractivity contribution is 0.252. The molecule has 0 bridgehead atoms. The summed E-state index contributed by atoms with van der Waals surface area (Å²) in [6, 6.07) is 5.35. The van der Waals surface area contributed by atoms with E-state index in [1.165, 1.54) is 6.21 Å². The molecule has 0 saturated carbocycles. The van der Waals surface area contributed by atoms with Crippen LogP contribution in [0.15, 0.2) is 29.5 Å². The van der Waals surface area contributed by atoms with E-state index < -0.39 is 6.03 Å². The Morgan fingerprint density at radius 2 is 2.19 bits per heavy atom. The van der Waals surface area contributed by atoms with Gasteiger partial charge in [-0.2, -0.15) is 10.2 Å². The van der Waals surface area contributed by atoms with Gasteiger partial charge in [0.15, 0.2) is 0 Å². The monoisotopic (exact) mass is 305 g/mol. The minimum atomic E-state index is -0.426. The van der Waals surface area contributed by atoms with Gasteiger partial charge in [0.25, 0.3) is 0 Å². The van der Waals surface area contributed by atoms with Gasteiger partial charge in [0.2, 0.25) is 0 Å². The molecule has 0 atom stereocenters. The summed E-state index contributed by atoms with van der Waals surface area (Å²) in [6.07, 6.45) is 3.04. The van der Waals surface area contributed by atoms with Crippen molar-refractivity contribution in [1.29, 1.82) is 0 Å². The number of amides is 2. The molecule has 0 radical (unpaired) electrons. The minimum absolute atomic E-state index is 0.426. The van der Waals surface area contributed by atoms with Crippen molar-refractivity contribution >= 4 is 29.5 Å². The van der Waals surface area contributed by atoms with Crippen LogP contribution in [0.2, 0.25) is 5.02 Å². The number of nitrogens with one attached hydrogen (secondary N) is 2. The van der Waals surface area contributed by atoms with Gasteiger partial charge in [0.1, 0.15) is 5.69 Å². The number of anilines is 1. The van der Waals surface area contributed by atoms with Gasteiger partial charge in [0.05, 0.1) is 11.2 Å². The highest BCUT2D eigenvalue weighted by molar-refractivity contribution is 6.32. The van der Waals surface area contributed by atoms with Gasteiger partial charge >= 0.3 is 6.03 Å². The smallest absolute Gasteiger partial charge is 0.306 e. The van der Waals surface area contributed by atoms with Crippen LogP contribution in [-0.4, -0.2) is 22.0 Å². The maximum absolute atomic E-state index is 11.7. The highest BCUT2D eigenvalue weighted by Gasteiger charge is 2.04. The summed E-state index contributed by atoms with van der Waals surface area (Å²) < 4.78 is 1.57. The predicted molar refractivity (Wildman–Crippen MR) is 83.9 cm³/mol. The fourth-order valence-corrected chi connectivity index (χ4v) is 2.05. The van der Waals surface area contributed by atoms with Crippen molar-refractivity contribution < 1.29 is 4.79 Å². The summed E-state index contributed by atoms with van der Waals surface area (Å²) in [4.78, 5) is 11.7. The summed E-state index contributed by atoms with van der Waals surface area (Å²) in [5.41, 5.74) is 5.73. The molecule has 1 aromatic carbocycles. The third kappa shape index (κ3) is 4.06. The lowest BCUT2D eigenvalue weighted by Gasteiger charge is -2.08. The van der Waals surface area contributed by atoms with E-state index in [1.54, 1.807) is 17.9 Å². The van der Waals surface area contributed by atoms with Crippen LogP contribution in [0, 0.1) is 13.8 Å². The number of urea groups is 1. The number of benzene rings is 1. The first-order valence-corrected chi connectivity index (χ1v) is 6.70. The number of nitrogens with zero attached hydrogens (tertiary/aromatic N) is 3. The molecule has 110 valence electrons. The van der Waals surface area contributed by atoms with E-state index >= 15 is 0 Å². The molecule has 0 aliphatic heterocycles. The van der Waals surface area contributed by atoms with Crippen molar-refractivity contribution in [3.05, 3.63) is 46.2 Å². The quantitative estimate of drug-likeness (QED) is 0.676. The van der Waals surface area contributed by atoms with Crippen LogP contribution in [0.4, 0.5) is 10.5 Å². The molecule has 1 aromatic heterocycles. The molecule has 0 aliphatic rings. The second-order valence-corrected chi connectivity index (χ2v) is 5.09. The van der Waals surface area contributed by atoms with Crippen LogP contribution < -0.4 is 10.7 Å². The fraction of sp³-hybridized carbons (Fsp3) is 0.214. The van der Waals surface area contributed by atoms with Crippen molar-refractivity contribution in [1.82, 2.24) is 15.2 Å². The lowest BCUT2D eigenvalue weighted by Crippen LogP contribution is -2.24. The number of aryl methyl sites for hydroxylation is 3. The van der Waals surface area contributed by atoms with E-state index in [1.807, 2.05) is 32.0 Å². The largest absolute Gasteiger partial charge is 0.339 e. The molecular weight excluding hydrogens is 290 g/mol. The first-order chi connectivity index (χ1) is 9.95. The fourth-order valence-electron chi connectivity index (χ4n) is 1.82. The Morgan fingerprint density at radius 3 is 2.81 bits per heavy atom. The zero-order valence-electron chi connectivity index (χ0n) is 12.0. The van der Waals surface area contributed by atoms with E-state index in [0.717, 1.165) is 16.8 Å². The van der Waals surface area contributed by atoms with Gasteiger partial charge in [0, 0.05) is 18.9 Å². The van der Waals surface area contributed by atoms with Gasteiger partial charge in [-0.25, -0.2) is 10.2 Å². The lowest BCUT2D eigenvalue weighted by atomic mass is 10.1. The van der Waals surface area contributed by atoms with E-state index in [4.69, 9.17) is 11.6 Å². The van der Waals surface area contributed by atoms with Crippen LogP contribution in [-0.2, 0) is 7.05 Å². The number of rotatable bonds is 3. The van der Waals surface area contributed by atoms with Crippen LogP contribution in [0.3, 0.4) is 0 Å². The summed E-state index contributed by atoms with van der Waals surface area (Å²) >= 11 is 5.92. The number of carbonyl (C=O) groups is 1. The minimum Gasteiger partial charge on any atom is -0.306 e. The Kier molecular flexibility index (Phi) is 4.59. The SMILES string of the molecule is Cc1ccc(NC(=O)NN=Cc2nn(C)cc2Cl)c(C)c1. The molecule has 21 heavy (non-hydrogen) atoms. The number of hydrogen-bond acceptors (Lipinski definition) is 3. The Bertz CT molecular complexity index is 693. The molecule has 2 amide bonds. The molecule has 2 aromatic rings. The Balaban J connectivity index is 1.94. The van der Waals surface area contributed by atoms with Gasteiger partial charge in [-0.05, 0) is 25.5 Å². The standard InChI is InChI=1S/C14H16ClN5O/c1-9-4-5-12(10(2)6-9)17-14(21)18-16-7-13-11(15)8-20(3)19-13/h4-8H,1-3H3,(H2,17,18,21). The normalized spacial score (nSPS) is 10.9. The van der Waals surface area contributed by atoms with E-state index in [-0.39, 0.29) is 0 Å². The van der Waals surface area contributed by atoms with Crippen molar-refractivity contribution in [3.8, 4) is 0 Å². The summed E-state index contributed by atoms with van der Waals surface area (Å²) in [5, 5.41) is 11.1. The third-order valence-electron chi connectivity index (χ3n) is 2.79. The molecule has 0 spiro atoms. The van der Waals surface area contributed by atoms with Crippen molar-refractivity contribution in [2.45, 2.75) is 13.8 Å². The Labute approximate surface area is 127 Å². The average molecular weight is 306 g/mol. The maximum Gasteiger partial charge on any atom is 0.339 e. The Hall–Kier alpha value is -2.34. The van der Waals surface area contributed by atoms with Crippen molar-refractivity contribution in [2.75, 3.05) is 5.32 Å². The molecule has 6 nitrogen and oxygen atoms in total. The first-order valence-electron chi connectivity index (χ1n) is 6.32. The summed E-state index contributed by atoms with van der Waals surface area (Å²) in [5.74, 6) is 0.